The van der Waals surface area contributed by atoms with Crippen molar-refractivity contribution in [2.75, 3.05) is 43.5 Å². The Kier molecular flexibility index (Phi) is 6.35. The molecule has 0 N–H and O–H groups in total. The zero-order valence-corrected chi connectivity index (χ0v) is 18.1. The van der Waals surface area contributed by atoms with Crippen LogP contribution in [-0.2, 0) is 23.9 Å². The fourth-order valence-corrected chi connectivity index (χ4v) is 5.15. The molecule has 1 aromatic rings. The summed E-state index contributed by atoms with van der Waals surface area (Å²) in [6.07, 6.45) is 0.560. The molecule has 166 valence electrons. The second-order valence-electron chi connectivity index (χ2n) is 7.60. The number of likely N-dealkylation sites (tertiary alicyclic amines) is 1. The molecule has 2 fully saturated rings. The van der Waals surface area contributed by atoms with E-state index in [0.29, 0.717) is 31.7 Å². The Morgan fingerprint density at radius 1 is 1.19 bits per heavy atom. The number of amides is 3. The van der Waals surface area contributed by atoms with Crippen LogP contribution in [0.4, 0.5) is 10.5 Å². The minimum atomic E-state index is -0.736. The monoisotopic (exact) mass is 447 g/mol. The van der Waals surface area contributed by atoms with Crippen molar-refractivity contribution in [3.05, 3.63) is 24.3 Å². The van der Waals surface area contributed by atoms with Gasteiger partial charge in [-0.3, -0.25) is 14.5 Å². The Hall–Kier alpha value is -2.75. The van der Waals surface area contributed by atoms with Gasteiger partial charge in [-0.1, -0.05) is 12.1 Å². The number of hydrogen-bond donors (Lipinski definition) is 0. The van der Waals surface area contributed by atoms with Crippen molar-refractivity contribution in [2.24, 2.45) is 0 Å². The van der Waals surface area contributed by atoms with E-state index in [2.05, 4.69) is 0 Å². The number of cyclic esters (lactones) is 1. The molecule has 1 aromatic carbocycles. The van der Waals surface area contributed by atoms with E-state index in [1.807, 2.05) is 24.3 Å². The summed E-state index contributed by atoms with van der Waals surface area (Å²) in [5.74, 6) is -0.353. The van der Waals surface area contributed by atoms with E-state index < -0.39 is 18.1 Å². The Balaban J connectivity index is 1.37. The van der Waals surface area contributed by atoms with E-state index in [9.17, 15) is 19.2 Å². The third-order valence-electron chi connectivity index (χ3n) is 5.78. The van der Waals surface area contributed by atoms with Gasteiger partial charge in [0.25, 0.3) is 0 Å². The molecule has 0 radical (unpaired) electrons. The lowest BCUT2D eigenvalue weighted by Gasteiger charge is -2.38. The number of hydrogen-bond acceptors (Lipinski definition) is 7. The smallest absolute Gasteiger partial charge is 0.410 e. The summed E-state index contributed by atoms with van der Waals surface area (Å²) in [5.41, 5.74) is 0.768. The average molecular weight is 448 g/mol. The number of benzene rings is 1. The number of piperidine rings is 1. The quantitative estimate of drug-likeness (QED) is 0.631. The standard InChI is InChI=1S/C21H25N3O6S/c1-2-29-20(27)16-12-30-21(28)24(16)14-7-9-22(10-8-14)18(25)11-23-15-5-3-4-6-17(15)31-13-19(23)26/h3-6,14,16H,2,7-13H2,1H3. The van der Waals surface area contributed by atoms with Crippen LogP contribution >= 0.6 is 11.8 Å². The summed E-state index contributed by atoms with van der Waals surface area (Å²) >= 11 is 1.48. The van der Waals surface area contributed by atoms with Gasteiger partial charge >= 0.3 is 12.1 Å². The van der Waals surface area contributed by atoms with E-state index in [1.54, 1.807) is 16.7 Å². The molecule has 1 unspecified atom stereocenters. The van der Waals surface area contributed by atoms with Crippen LogP contribution in [0, 0.1) is 0 Å². The molecule has 1 atom stereocenters. The van der Waals surface area contributed by atoms with Crippen molar-refractivity contribution < 1.29 is 28.7 Å². The van der Waals surface area contributed by atoms with E-state index in [1.165, 1.54) is 16.7 Å². The van der Waals surface area contributed by atoms with Crippen LogP contribution in [0.15, 0.2) is 29.2 Å². The first kappa shape index (κ1) is 21.5. The fraction of sp³-hybridized carbons (Fsp3) is 0.524. The molecule has 31 heavy (non-hydrogen) atoms. The first-order valence-corrected chi connectivity index (χ1v) is 11.4. The Labute approximate surface area is 184 Å². The number of carbonyl (C=O) groups excluding carboxylic acids is 4. The Morgan fingerprint density at radius 3 is 2.68 bits per heavy atom. The minimum absolute atomic E-state index is 0.00171. The number of para-hydroxylation sites is 1. The molecule has 4 rings (SSSR count). The van der Waals surface area contributed by atoms with Crippen LogP contribution in [0.5, 0.6) is 0 Å². The molecule has 0 spiro atoms. The molecule has 0 bridgehead atoms. The molecule has 0 aliphatic carbocycles. The summed E-state index contributed by atoms with van der Waals surface area (Å²) in [4.78, 5) is 55.4. The van der Waals surface area contributed by atoms with Crippen LogP contribution in [0.3, 0.4) is 0 Å². The van der Waals surface area contributed by atoms with Gasteiger partial charge in [0, 0.05) is 24.0 Å². The highest BCUT2D eigenvalue weighted by atomic mass is 32.2. The van der Waals surface area contributed by atoms with Gasteiger partial charge in [0.2, 0.25) is 11.8 Å². The number of esters is 1. The molecule has 3 heterocycles. The molecule has 10 heteroatoms. The van der Waals surface area contributed by atoms with Gasteiger partial charge in [0.1, 0.15) is 13.2 Å². The molecule has 3 amide bonds. The Bertz CT molecular complexity index is 886. The second-order valence-corrected chi connectivity index (χ2v) is 8.62. The number of anilines is 1. The average Bonchev–Trinajstić information content (AvgIpc) is 3.17. The lowest BCUT2D eigenvalue weighted by atomic mass is 10.0. The van der Waals surface area contributed by atoms with Crippen molar-refractivity contribution in [3.63, 3.8) is 0 Å². The third kappa shape index (κ3) is 4.34. The minimum Gasteiger partial charge on any atom is -0.464 e. The van der Waals surface area contributed by atoms with E-state index in [0.717, 1.165) is 10.6 Å². The summed E-state index contributed by atoms with van der Waals surface area (Å²) in [6.45, 7) is 2.83. The zero-order valence-electron chi connectivity index (χ0n) is 17.3. The highest BCUT2D eigenvalue weighted by Gasteiger charge is 2.44. The van der Waals surface area contributed by atoms with Gasteiger partial charge in [-0.05, 0) is 31.9 Å². The van der Waals surface area contributed by atoms with Crippen LogP contribution in [0.2, 0.25) is 0 Å². The highest BCUT2D eigenvalue weighted by Crippen LogP contribution is 2.35. The molecular formula is C21H25N3O6S. The van der Waals surface area contributed by atoms with Gasteiger partial charge in [-0.25, -0.2) is 9.59 Å². The van der Waals surface area contributed by atoms with Gasteiger partial charge in [0.05, 0.1) is 18.0 Å². The molecule has 0 aromatic heterocycles. The largest absolute Gasteiger partial charge is 0.464 e. The lowest BCUT2D eigenvalue weighted by molar-refractivity contribution is -0.148. The molecule has 0 saturated carbocycles. The van der Waals surface area contributed by atoms with Crippen molar-refractivity contribution in [1.82, 2.24) is 9.80 Å². The first-order valence-electron chi connectivity index (χ1n) is 10.4. The fourth-order valence-electron chi connectivity index (χ4n) is 4.21. The number of thioether (sulfide) groups is 1. The van der Waals surface area contributed by atoms with E-state index in [4.69, 9.17) is 9.47 Å². The number of carbonyl (C=O) groups is 4. The molecule has 9 nitrogen and oxygen atoms in total. The molecule has 2 saturated heterocycles. The van der Waals surface area contributed by atoms with Crippen molar-refractivity contribution in [1.29, 1.82) is 0 Å². The second kappa shape index (κ2) is 9.17. The lowest BCUT2D eigenvalue weighted by Crippen LogP contribution is -2.53. The molecule has 3 aliphatic heterocycles. The van der Waals surface area contributed by atoms with Crippen LogP contribution in [0.1, 0.15) is 19.8 Å². The summed E-state index contributed by atoms with van der Waals surface area (Å²) < 4.78 is 10.1. The van der Waals surface area contributed by atoms with E-state index in [-0.39, 0.29) is 37.6 Å². The summed E-state index contributed by atoms with van der Waals surface area (Å²) in [7, 11) is 0. The molecular weight excluding hydrogens is 422 g/mol. The maximum absolute atomic E-state index is 12.9. The number of nitrogens with zero attached hydrogens (tertiary/aromatic N) is 3. The van der Waals surface area contributed by atoms with Crippen LogP contribution < -0.4 is 4.90 Å². The third-order valence-corrected chi connectivity index (χ3v) is 6.83. The zero-order chi connectivity index (χ0) is 22.0. The first-order chi connectivity index (χ1) is 15.0. The summed E-state index contributed by atoms with van der Waals surface area (Å²) in [6, 6.07) is 6.65. The Morgan fingerprint density at radius 2 is 1.94 bits per heavy atom. The predicted molar refractivity (Wildman–Crippen MR) is 113 cm³/mol. The maximum atomic E-state index is 12.9. The van der Waals surface area contributed by atoms with Crippen molar-refractivity contribution in [2.45, 2.75) is 36.7 Å². The summed E-state index contributed by atoms with van der Waals surface area (Å²) in [5, 5.41) is 0. The van der Waals surface area contributed by atoms with Crippen LogP contribution in [-0.4, -0.2) is 84.4 Å². The topological polar surface area (TPSA) is 96.5 Å². The predicted octanol–water partition coefficient (Wildman–Crippen LogP) is 1.50. The van der Waals surface area contributed by atoms with Crippen molar-refractivity contribution >= 4 is 41.3 Å². The highest BCUT2D eigenvalue weighted by molar-refractivity contribution is 8.00. The van der Waals surface area contributed by atoms with Gasteiger partial charge in [-0.2, -0.15) is 0 Å². The van der Waals surface area contributed by atoms with Crippen LogP contribution in [0.25, 0.3) is 0 Å². The number of rotatable bonds is 5. The number of fused-ring (bicyclic) bond motifs is 1. The van der Waals surface area contributed by atoms with Gasteiger partial charge in [0.15, 0.2) is 6.04 Å². The van der Waals surface area contributed by atoms with Gasteiger partial charge in [-0.15, -0.1) is 11.8 Å². The SMILES string of the molecule is CCOC(=O)C1COC(=O)N1C1CCN(C(=O)CN2C(=O)CSc3ccccc32)CC1. The van der Waals surface area contributed by atoms with Gasteiger partial charge < -0.3 is 19.3 Å². The normalized spacial score (nSPS) is 21.7. The molecule has 3 aliphatic rings. The van der Waals surface area contributed by atoms with Crippen molar-refractivity contribution in [3.8, 4) is 0 Å². The van der Waals surface area contributed by atoms with E-state index >= 15 is 0 Å². The maximum Gasteiger partial charge on any atom is 0.410 e. The number of ether oxygens (including phenoxy) is 2.